The van der Waals surface area contributed by atoms with Gasteiger partial charge in [0.05, 0.1) is 6.42 Å². The maximum atomic E-state index is 13.1. The molecule has 144 valence electrons. The smallest absolute Gasteiger partial charge is 0.242 e. The van der Waals surface area contributed by atoms with E-state index in [0.29, 0.717) is 11.6 Å². The van der Waals surface area contributed by atoms with Crippen molar-refractivity contribution in [1.82, 2.24) is 10.2 Å². The fourth-order valence-corrected chi connectivity index (χ4v) is 3.11. The molecule has 1 unspecified atom stereocenters. The zero-order chi connectivity index (χ0) is 20.0. The highest BCUT2D eigenvalue weighted by atomic mass is 35.5. The van der Waals surface area contributed by atoms with Crippen LogP contribution in [0.1, 0.15) is 37.5 Å². The van der Waals surface area contributed by atoms with Crippen LogP contribution in [-0.4, -0.2) is 28.8 Å². The van der Waals surface area contributed by atoms with Crippen LogP contribution in [0.25, 0.3) is 0 Å². The van der Waals surface area contributed by atoms with Crippen molar-refractivity contribution in [2.24, 2.45) is 0 Å². The molecule has 0 aliphatic carbocycles. The number of hydrogen-bond acceptors (Lipinski definition) is 2. The standard InChI is InChI=1S/C22H27ClN2O2/c1-15(2)24-22(27)17(4)25(14-18-9-7-11-20(23)12-18)21(26)13-19-10-6-5-8-16(19)3/h5-12,15,17H,13-14H2,1-4H3,(H,24,27). The molecule has 0 saturated heterocycles. The van der Waals surface area contributed by atoms with Crippen LogP contribution >= 0.6 is 11.6 Å². The van der Waals surface area contributed by atoms with Crippen LogP contribution in [0, 0.1) is 6.92 Å². The molecule has 0 aliphatic rings. The Kier molecular flexibility index (Phi) is 7.43. The third-order valence-electron chi connectivity index (χ3n) is 4.44. The predicted molar refractivity (Wildman–Crippen MR) is 110 cm³/mol. The van der Waals surface area contributed by atoms with Crippen LogP contribution < -0.4 is 5.32 Å². The maximum Gasteiger partial charge on any atom is 0.242 e. The molecule has 2 aromatic rings. The molecule has 4 nitrogen and oxygen atoms in total. The van der Waals surface area contributed by atoms with Gasteiger partial charge in [-0.15, -0.1) is 0 Å². The average molecular weight is 387 g/mol. The summed E-state index contributed by atoms with van der Waals surface area (Å²) in [6, 6.07) is 14.6. The van der Waals surface area contributed by atoms with Crippen LogP contribution in [0.2, 0.25) is 5.02 Å². The average Bonchev–Trinajstić information content (AvgIpc) is 2.60. The third-order valence-corrected chi connectivity index (χ3v) is 4.68. The second kappa shape index (κ2) is 9.56. The summed E-state index contributed by atoms with van der Waals surface area (Å²) in [4.78, 5) is 27.3. The minimum atomic E-state index is -0.581. The lowest BCUT2D eigenvalue weighted by Gasteiger charge is -2.29. The van der Waals surface area contributed by atoms with Gasteiger partial charge in [-0.1, -0.05) is 48.0 Å². The van der Waals surface area contributed by atoms with Crippen molar-refractivity contribution in [3.05, 3.63) is 70.2 Å². The van der Waals surface area contributed by atoms with Gasteiger partial charge in [0.25, 0.3) is 0 Å². The maximum absolute atomic E-state index is 13.1. The molecule has 1 atom stereocenters. The Bertz CT molecular complexity index is 804. The van der Waals surface area contributed by atoms with E-state index in [0.717, 1.165) is 16.7 Å². The Morgan fingerprint density at radius 2 is 1.78 bits per heavy atom. The Morgan fingerprint density at radius 1 is 1.07 bits per heavy atom. The topological polar surface area (TPSA) is 49.4 Å². The number of aryl methyl sites for hydroxylation is 1. The van der Waals surface area contributed by atoms with Gasteiger partial charge in [-0.05, 0) is 56.5 Å². The fraction of sp³-hybridized carbons (Fsp3) is 0.364. The third kappa shape index (κ3) is 6.10. The van der Waals surface area contributed by atoms with Crippen molar-refractivity contribution >= 4 is 23.4 Å². The lowest BCUT2D eigenvalue weighted by atomic mass is 10.0. The predicted octanol–water partition coefficient (Wildman–Crippen LogP) is 4.13. The van der Waals surface area contributed by atoms with Gasteiger partial charge in [-0.2, -0.15) is 0 Å². The normalized spacial score (nSPS) is 11.9. The minimum Gasteiger partial charge on any atom is -0.352 e. The zero-order valence-electron chi connectivity index (χ0n) is 16.3. The van der Waals surface area contributed by atoms with Crippen molar-refractivity contribution in [2.45, 2.75) is 52.7 Å². The van der Waals surface area contributed by atoms with E-state index in [4.69, 9.17) is 11.6 Å². The van der Waals surface area contributed by atoms with Crippen LogP contribution in [-0.2, 0) is 22.6 Å². The summed E-state index contributed by atoms with van der Waals surface area (Å²) in [5, 5.41) is 3.50. The van der Waals surface area contributed by atoms with Crippen LogP contribution in [0.15, 0.2) is 48.5 Å². The van der Waals surface area contributed by atoms with E-state index in [9.17, 15) is 9.59 Å². The number of nitrogens with zero attached hydrogens (tertiary/aromatic N) is 1. The van der Waals surface area contributed by atoms with Gasteiger partial charge in [0.15, 0.2) is 0 Å². The van der Waals surface area contributed by atoms with Crippen molar-refractivity contribution in [3.63, 3.8) is 0 Å². The van der Waals surface area contributed by atoms with Gasteiger partial charge >= 0.3 is 0 Å². The first-order valence-corrected chi connectivity index (χ1v) is 9.54. The monoisotopic (exact) mass is 386 g/mol. The van der Waals surface area contributed by atoms with E-state index in [1.54, 1.807) is 17.9 Å². The van der Waals surface area contributed by atoms with Gasteiger partial charge in [0.1, 0.15) is 6.04 Å². The van der Waals surface area contributed by atoms with Crippen molar-refractivity contribution in [3.8, 4) is 0 Å². The molecule has 0 spiro atoms. The van der Waals surface area contributed by atoms with Crippen LogP contribution in [0.3, 0.4) is 0 Å². The Morgan fingerprint density at radius 3 is 2.41 bits per heavy atom. The van der Waals surface area contributed by atoms with E-state index < -0.39 is 6.04 Å². The molecule has 5 heteroatoms. The highest BCUT2D eigenvalue weighted by Crippen LogP contribution is 2.17. The molecule has 0 fully saturated rings. The second-order valence-electron chi connectivity index (χ2n) is 7.09. The van der Waals surface area contributed by atoms with Crippen LogP contribution in [0.4, 0.5) is 0 Å². The summed E-state index contributed by atoms with van der Waals surface area (Å²) < 4.78 is 0. The molecule has 2 rings (SSSR count). The number of rotatable bonds is 7. The number of hydrogen-bond donors (Lipinski definition) is 1. The summed E-state index contributed by atoms with van der Waals surface area (Å²) >= 11 is 6.09. The molecule has 2 amide bonds. The fourth-order valence-electron chi connectivity index (χ4n) is 2.89. The van der Waals surface area contributed by atoms with Crippen LogP contribution in [0.5, 0.6) is 0 Å². The largest absolute Gasteiger partial charge is 0.352 e. The number of carbonyl (C=O) groups is 2. The number of halogens is 1. The number of benzene rings is 2. The molecule has 0 bridgehead atoms. The van der Waals surface area contributed by atoms with E-state index >= 15 is 0 Å². The summed E-state index contributed by atoms with van der Waals surface area (Å²) in [6.45, 7) is 7.89. The molecule has 0 heterocycles. The SMILES string of the molecule is Cc1ccccc1CC(=O)N(Cc1cccc(Cl)c1)C(C)C(=O)NC(C)C. The van der Waals surface area contributed by atoms with Gasteiger partial charge in [0, 0.05) is 17.6 Å². The first kappa shape index (κ1) is 21.0. The first-order chi connectivity index (χ1) is 12.8. The highest BCUT2D eigenvalue weighted by Gasteiger charge is 2.26. The Balaban J connectivity index is 2.26. The first-order valence-electron chi connectivity index (χ1n) is 9.16. The minimum absolute atomic E-state index is 0.0134. The van der Waals surface area contributed by atoms with E-state index in [2.05, 4.69) is 5.32 Å². The Labute approximate surface area is 166 Å². The lowest BCUT2D eigenvalue weighted by Crippen LogP contribution is -2.49. The van der Waals surface area contributed by atoms with Crippen molar-refractivity contribution < 1.29 is 9.59 Å². The zero-order valence-corrected chi connectivity index (χ0v) is 17.1. The van der Waals surface area contributed by atoms with Gasteiger partial charge < -0.3 is 10.2 Å². The van der Waals surface area contributed by atoms with E-state index in [1.165, 1.54) is 0 Å². The summed E-state index contributed by atoms with van der Waals surface area (Å²) in [7, 11) is 0. The molecule has 0 radical (unpaired) electrons. The lowest BCUT2D eigenvalue weighted by molar-refractivity contribution is -0.140. The number of amides is 2. The number of nitrogens with one attached hydrogen (secondary N) is 1. The number of carbonyl (C=O) groups excluding carboxylic acids is 2. The molecular formula is C22H27ClN2O2. The summed E-state index contributed by atoms with van der Waals surface area (Å²) in [5.41, 5.74) is 2.92. The Hall–Kier alpha value is -2.33. The molecular weight excluding hydrogens is 360 g/mol. The highest BCUT2D eigenvalue weighted by molar-refractivity contribution is 6.30. The molecule has 0 aliphatic heterocycles. The molecule has 0 aromatic heterocycles. The van der Waals surface area contributed by atoms with Crippen molar-refractivity contribution in [2.75, 3.05) is 0 Å². The summed E-state index contributed by atoms with van der Waals surface area (Å²) in [6.07, 6.45) is 0.256. The quantitative estimate of drug-likeness (QED) is 0.777. The van der Waals surface area contributed by atoms with Gasteiger partial charge in [-0.25, -0.2) is 0 Å². The van der Waals surface area contributed by atoms with Gasteiger partial charge in [-0.3, -0.25) is 9.59 Å². The van der Waals surface area contributed by atoms with E-state index in [-0.39, 0.29) is 24.3 Å². The second-order valence-corrected chi connectivity index (χ2v) is 7.53. The molecule has 2 aromatic carbocycles. The van der Waals surface area contributed by atoms with Gasteiger partial charge in [0.2, 0.25) is 11.8 Å². The summed E-state index contributed by atoms with van der Waals surface area (Å²) in [5.74, 6) is -0.249. The van der Waals surface area contributed by atoms with E-state index in [1.807, 2.05) is 63.2 Å². The molecule has 0 saturated carbocycles. The molecule has 1 N–H and O–H groups in total. The van der Waals surface area contributed by atoms with Crippen molar-refractivity contribution in [1.29, 1.82) is 0 Å². The molecule has 27 heavy (non-hydrogen) atoms.